The zero-order valence-electron chi connectivity index (χ0n) is 15.5. The minimum absolute atomic E-state index is 0.0783. The van der Waals surface area contributed by atoms with E-state index < -0.39 is 10.3 Å². The average molecular weight is 424 g/mol. The highest BCUT2D eigenvalue weighted by Gasteiger charge is 2.14. The highest BCUT2D eigenvalue weighted by Crippen LogP contribution is 2.27. The van der Waals surface area contributed by atoms with Crippen molar-refractivity contribution >= 4 is 27.0 Å². The third-order valence-corrected chi connectivity index (χ3v) is 4.84. The maximum absolute atomic E-state index is 11.1. The summed E-state index contributed by atoms with van der Waals surface area (Å²) in [5, 5.41) is 24.4. The largest absolute Gasteiger partial charge is 0.464 e. The second kappa shape index (κ2) is 7.86. The van der Waals surface area contributed by atoms with E-state index in [1.165, 1.54) is 12.1 Å². The molecule has 0 amide bonds. The Morgan fingerprint density at radius 2 is 1.90 bits per heavy atom. The van der Waals surface area contributed by atoms with E-state index in [0.29, 0.717) is 24.1 Å². The maximum Gasteiger partial charge on any atom is 0.380 e. The van der Waals surface area contributed by atoms with Crippen molar-refractivity contribution in [2.45, 2.75) is 6.42 Å². The number of rotatable bonds is 7. The van der Waals surface area contributed by atoms with Crippen LogP contribution in [0.4, 0.5) is 5.69 Å². The molecule has 0 spiro atoms. The van der Waals surface area contributed by atoms with Crippen molar-refractivity contribution in [2.75, 3.05) is 11.6 Å². The fraction of sp³-hybridized carbons (Fsp3) is 0.105. The van der Waals surface area contributed by atoms with Gasteiger partial charge in [-0.3, -0.25) is 5.01 Å². The Balaban J connectivity index is 1.57. The predicted octanol–water partition coefficient (Wildman–Crippen LogP) is 1.99. The van der Waals surface area contributed by atoms with Gasteiger partial charge in [0.1, 0.15) is 24.0 Å². The van der Waals surface area contributed by atoms with Crippen molar-refractivity contribution in [1.82, 2.24) is 14.9 Å². The van der Waals surface area contributed by atoms with Gasteiger partial charge in [-0.2, -0.15) is 18.8 Å². The summed E-state index contributed by atoms with van der Waals surface area (Å²) in [4.78, 5) is 0. The highest BCUT2D eigenvalue weighted by atomic mass is 32.2. The Hall–Kier alpha value is -3.88. The molecule has 4 rings (SSSR count). The molecule has 0 radical (unpaired) electrons. The first-order valence-corrected chi connectivity index (χ1v) is 10.2. The summed E-state index contributed by atoms with van der Waals surface area (Å²) in [5.41, 5.74) is 2.85. The van der Waals surface area contributed by atoms with Crippen LogP contribution in [-0.4, -0.2) is 29.8 Å². The Morgan fingerprint density at radius 3 is 2.57 bits per heavy atom. The molecule has 2 N–H and O–H groups in total. The van der Waals surface area contributed by atoms with E-state index in [9.17, 15) is 8.42 Å². The third kappa shape index (κ3) is 4.24. The second-order valence-corrected chi connectivity index (χ2v) is 7.52. The van der Waals surface area contributed by atoms with Crippen molar-refractivity contribution in [1.29, 1.82) is 5.26 Å². The van der Waals surface area contributed by atoms with Gasteiger partial charge in [-0.25, -0.2) is 4.68 Å². The first-order chi connectivity index (χ1) is 14.4. The molecular weight excluding hydrogens is 408 g/mol. The van der Waals surface area contributed by atoms with Crippen LogP contribution in [0.1, 0.15) is 11.1 Å². The summed E-state index contributed by atoms with van der Waals surface area (Å²) < 4.78 is 34.2. The molecule has 2 heterocycles. The van der Waals surface area contributed by atoms with E-state index in [1.807, 2.05) is 17.1 Å². The van der Waals surface area contributed by atoms with Gasteiger partial charge in [-0.05, 0) is 42.8 Å². The topological polar surface area (TPSA) is 140 Å². The van der Waals surface area contributed by atoms with E-state index in [1.54, 1.807) is 41.8 Å². The number of benzene rings is 2. The molecular formula is C19H16N6O4S. The Kier molecular flexibility index (Phi) is 5.09. The lowest BCUT2D eigenvalue weighted by atomic mass is 10.1. The standard InChI is InChI=1S/C19H16N6O4S/c20-10-14-1-3-16(4-2-14)25(24-12-22-23-13-24)8-7-15-11-28-19-9-17(5-6-18(15)19)29-30(21,26)27/h1-6,9,11-13H,7-8H2,(H2,21,26,27). The predicted molar refractivity (Wildman–Crippen MR) is 108 cm³/mol. The minimum Gasteiger partial charge on any atom is -0.464 e. The van der Waals surface area contributed by atoms with Gasteiger partial charge < -0.3 is 8.60 Å². The lowest BCUT2D eigenvalue weighted by Crippen LogP contribution is -2.30. The zero-order valence-corrected chi connectivity index (χ0v) is 16.4. The van der Waals surface area contributed by atoms with Gasteiger partial charge in [-0.1, -0.05) is 0 Å². The van der Waals surface area contributed by atoms with Crippen LogP contribution in [0.2, 0.25) is 0 Å². The number of hydrogen-bond acceptors (Lipinski definition) is 8. The lowest BCUT2D eigenvalue weighted by Gasteiger charge is -2.24. The van der Waals surface area contributed by atoms with Crippen LogP contribution in [-0.2, 0) is 16.7 Å². The maximum atomic E-state index is 11.1. The van der Waals surface area contributed by atoms with E-state index >= 15 is 0 Å². The van der Waals surface area contributed by atoms with Crippen molar-refractivity contribution in [3.05, 3.63) is 72.5 Å². The van der Waals surface area contributed by atoms with Crippen LogP contribution in [0.3, 0.4) is 0 Å². The number of fused-ring (bicyclic) bond motifs is 1. The Morgan fingerprint density at radius 1 is 1.17 bits per heavy atom. The number of aromatic nitrogens is 3. The summed E-state index contributed by atoms with van der Waals surface area (Å²) >= 11 is 0. The monoisotopic (exact) mass is 424 g/mol. The number of nitrogens with zero attached hydrogens (tertiary/aromatic N) is 5. The second-order valence-electron chi connectivity index (χ2n) is 6.37. The molecule has 0 saturated carbocycles. The quantitative estimate of drug-likeness (QED) is 0.475. The van der Waals surface area contributed by atoms with Gasteiger partial charge in [0, 0.05) is 23.6 Å². The molecule has 4 aromatic rings. The molecule has 11 heteroatoms. The van der Waals surface area contributed by atoms with Gasteiger partial charge >= 0.3 is 10.3 Å². The Bertz CT molecular complexity index is 1310. The summed E-state index contributed by atoms with van der Waals surface area (Å²) in [6, 6.07) is 14.0. The van der Waals surface area contributed by atoms with Crippen LogP contribution < -0.4 is 14.3 Å². The van der Waals surface area contributed by atoms with Gasteiger partial charge in [0.2, 0.25) is 0 Å². The van der Waals surface area contributed by atoms with Crippen LogP contribution in [0.5, 0.6) is 5.75 Å². The molecule has 0 unspecified atom stereocenters. The van der Waals surface area contributed by atoms with E-state index in [4.69, 9.17) is 14.8 Å². The van der Waals surface area contributed by atoms with E-state index in [-0.39, 0.29) is 5.75 Å². The number of hydrogen-bond donors (Lipinski definition) is 1. The molecule has 0 aliphatic carbocycles. The average Bonchev–Trinajstić information content (AvgIpc) is 3.38. The normalized spacial score (nSPS) is 11.3. The number of nitriles is 1. The summed E-state index contributed by atoms with van der Waals surface area (Å²) in [7, 11) is -4.10. The molecule has 152 valence electrons. The Labute approximate surface area is 171 Å². The fourth-order valence-electron chi connectivity index (χ4n) is 3.08. The summed E-state index contributed by atoms with van der Waals surface area (Å²) in [6.07, 6.45) is 5.40. The SMILES string of the molecule is N#Cc1ccc(N(CCc2coc3cc(OS(N)(=O)=O)ccc23)n2cnnc2)cc1. The lowest BCUT2D eigenvalue weighted by molar-refractivity contribution is 0.487. The van der Waals surface area contributed by atoms with Gasteiger partial charge in [0.25, 0.3) is 0 Å². The third-order valence-electron chi connectivity index (χ3n) is 4.41. The molecule has 2 aromatic heterocycles. The van der Waals surface area contributed by atoms with Crippen LogP contribution in [0.25, 0.3) is 11.0 Å². The molecule has 0 aliphatic rings. The molecule has 0 aliphatic heterocycles. The first-order valence-electron chi connectivity index (χ1n) is 8.78. The van der Waals surface area contributed by atoms with Gasteiger partial charge in [-0.15, -0.1) is 10.2 Å². The zero-order chi connectivity index (χ0) is 21.1. The molecule has 10 nitrogen and oxygen atoms in total. The van der Waals surface area contributed by atoms with Crippen molar-refractivity contribution in [2.24, 2.45) is 5.14 Å². The van der Waals surface area contributed by atoms with Crippen molar-refractivity contribution in [3.8, 4) is 11.8 Å². The molecule has 2 aromatic carbocycles. The minimum atomic E-state index is -4.10. The van der Waals surface area contributed by atoms with Crippen LogP contribution in [0, 0.1) is 11.3 Å². The van der Waals surface area contributed by atoms with Crippen molar-refractivity contribution < 1.29 is 17.0 Å². The molecule has 0 atom stereocenters. The highest BCUT2D eigenvalue weighted by molar-refractivity contribution is 7.84. The first kappa shape index (κ1) is 19.4. The van der Waals surface area contributed by atoms with Gasteiger partial charge in [0.05, 0.1) is 23.6 Å². The fourth-order valence-corrected chi connectivity index (χ4v) is 3.45. The molecule has 30 heavy (non-hydrogen) atoms. The summed E-state index contributed by atoms with van der Waals surface area (Å²) in [5.74, 6) is 0.0783. The van der Waals surface area contributed by atoms with E-state index in [2.05, 4.69) is 20.4 Å². The van der Waals surface area contributed by atoms with Gasteiger partial charge in [0.15, 0.2) is 0 Å². The number of furan rings is 1. The smallest absolute Gasteiger partial charge is 0.380 e. The molecule has 0 bridgehead atoms. The van der Waals surface area contributed by atoms with Crippen LogP contribution >= 0.6 is 0 Å². The molecule has 0 fully saturated rings. The number of anilines is 1. The molecule has 0 saturated heterocycles. The summed E-state index contributed by atoms with van der Waals surface area (Å²) in [6.45, 7) is 0.563. The number of nitrogens with two attached hydrogens (primary N) is 1. The van der Waals surface area contributed by atoms with Crippen LogP contribution in [0.15, 0.2) is 65.8 Å². The van der Waals surface area contributed by atoms with E-state index in [0.717, 1.165) is 16.6 Å². The van der Waals surface area contributed by atoms with Crippen molar-refractivity contribution in [3.63, 3.8) is 0 Å².